The minimum atomic E-state index is -4.47. The van der Waals surface area contributed by atoms with Crippen LogP contribution >= 0.6 is 0 Å². The molecule has 1 aliphatic rings. The van der Waals surface area contributed by atoms with E-state index in [1.54, 1.807) is 6.20 Å². The van der Waals surface area contributed by atoms with Crippen molar-refractivity contribution in [1.29, 1.82) is 0 Å². The lowest BCUT2D eigenvalue weighted by atomic mass is 10.1. The SMILES string of the molecule is CC(C)c1c(C(=O)NCc2ccc(N3CCCC3)nc2)cnn1-c1ccc(C(F)(F)F)cn1. The highest BCUT2D eigenvalue weighted by Crippen LogP contribution is 2.29. The largest absolute Gasteiger partial charge is 0.417 e. The Balaban J connectivity index is 1.48. The minimum Gasteiger partial charge on any atom is -0.357 e. The Morgan fingerprint density at radius 3 is 2.30 bits per heavy atom. The lowest BCUT2D eigenvalue weighted by Gasteiger charge is -2.16. The van der Waals surface area contributed by atoms with Gasteiger partial charge >= 0.3 is 6.18 Å². The lowest BCUT2D eigenvalue weighted by Crippen LogP contribution is -2.24. The first kappa shape index (κ1) is 22.8. The van der Waals surface area contributed by atoms with Gasteiger partial charge in [-0.05, 0) is 42.5 Å². The molecule has 0 spiro atoms. The molecule has 0 bridgehead atoms. The average molecular weight is 458 g/mol. The van der Waals surface area contributed by atoms with Crippen LogP contribution in [0.1, 0.15) is 59.8 Å². The van der Waals surface area contributed by atoms with Crippen molar-refractivity contribution >= 4 is 11.7 Å². The summed E-state index contributed by atoms with van der Waals surface area (Å²) in [5, 5.41) is 7.10. The molecule has 0 aromatic carbocycles. The second kappa shape index (κ2) is 9.21. The zero-order valence-electron chi connectivity index (χ0n) is 18.4. The molecule has 7 nitrogen and oxygen atoms in total. The summed E-state index contributed by atoms with van der Waals surface area (Å²) in [6.45, 7) is 6.09. The number of amides is 1. The average Bonchev–Trinajstić information content (AvgIpc) is 3.48. The van der Waals surface area contributed by atoms with E-state index >= 15 is 0 Å². The van der Waals surface area contributed by atoms with Crippen LogP contribution in [0.25, 0.3) is 5.82 Å². The number of carbonyl (C=O) groups excluding carboxylic acids is 1. The second-order valence-electron chi connectivity index (χ2n) is 8.31. The molecule has 1 saturated heterocycles. The summed E-state index contributed by atoms with van der Waals surface area (Å²) in [7, 11) is 0. The zero-order chi connectivity index (χ0) is 23.6. The monoisotopic (exact) mass is 458 g/mol. The standard InChI is InChI=1S/C23H25F3N6O/c1-15(2)21-18(14-30-32(21)20-8-6-17(13-28-20)23(24,25)26)22(33)29-12-16-5-7-19(27-11-16)31-9-3-4-10-31/h5-8,11,13-15H,3-4,9-10,12H2,1-2H3,(H,29,33). The van der Waals surface area contributed by atoms with Crippen molar-refractivity contribution in [3.8, 4) is 5.82 Å². The van der Waals surface area contributed by atoms with Crippen LogP contribution in [-0.4, -0.2) is 38.7 Å². The van der Waals surface area contributed by atoms with Crippen LogP contribution in [0.4, 0.5) is 19.0 Å². The Kier molecular flexibility index (Phi) is 6.35. The fourth-order valence-electron chi connectivity index (χ4n) is 3.88. The molecule has 1 N–H and O–H groups in total. The molecule has 1 fully saturated rings. The predicted octanol–water partition coefficient (Wildman–Crippen LogP) is 4.33. The summed E-state index contributed by atoms with van der Waals surface area (Å²) >= 11 is 0. The minimum absolute atomic E-state index is 0.112. The number of nitrogens with zero attached hydrogens (tertiary/aromatic N) is 5. The van der Waals surface area contributed by atoms with Gasteiger partial charge in [0.2, 0.25) is 0 Å². The van der Waals surface area contributed by atoms with Crippen molar-refractivity contribution in [1.82, 2.24) is 25.1 Å². The van der Waals surface area contributed by atoms with E-state index in [0.29, 0.717) is 17.8 Å². The van der Waals surface area contributed by atoms with Crippen LogP contribution in [0, 0.1) is 0 Å². The maximum absolute atomic E-state index is 12.9. The van der Waals surface area contributed by atoms with Crippen LogP contribution in [0.15, 0.2) is 42.9 Å². The molecule has 0 radical (unpaired) electrons. The molecular weight excluding hydrogens is 433 g/mol. The van der Waals surface area contributed by atoms with Crippen LogP contribution in [0.2, 0.25) is 0 Å². The molecule has 0 atom stereocenters. The van der Waals surface area contributed by atoms with Gasteiger partial charge < -0.3 is 10.2 Å². The van der Waals surface area contributed by atoms with E-state index in [2.05, 4.69) is 25.3 Å². The summed E-state index contributed by atoms with van der Waals surface area (Å²) in [5.41, 5.74) is 0.955. The van der Waals surface area contributed by atoms with Crippen LogP contribution in [0.5, 0.6) is 0 Å². The molecule has 3 aromatic rings. The van der Waals surface area contributed by atoms with Gasteiger partial charge in [0.25, 0.3) is 5.91 Å². The molecule has 4 rings (SSSR count). The Labute approximate surface area is 189 Å². The van der Waals surface area contributed by atoms with Crippen LogP contribution in [0.3, 0.4) is 0 Å². The molecule has 1 amide bonds. The summed E-state index contributed by atoms with van der Waals surface area (Å²) in [4.78, 5) is 23.5. The van der Waals surface area contributed by atoms with Crippen molar-refractivity contribution in [2.24, 2.45) is 0 Å². The van der Waals surface area contributed by atoms with Crippen LogP contribution < -0.4 is 10.2 Å². The Morgan fingerprint density at radius 2 is 1.73 bits per heavy atom. The topological polar surface area (TPSA) is 75.9 Å². The third-order valence-corrected chi connectivity index (χ3v) is 5.58. The van der Waals surface area contributed by atoms with Gasteiger partial charge in [-0.2, -0.15) is 18.3 Å². The first-order valence-electron chi connectivity index (χ1n) is 10.8. The van der Waals surface area contributed by atoms with Gasteiger partial charge in [0.15, 0.2) is 5.82 Å². The molecule has 0 aliphatic carbocycles. The molecule has 10 heteroatoms. The quantitative estimate of drug-likeness (QED) is 0.595. The molecule has 3 aromatic heterocycles. The van der Waals surface area contributed by atoms with Crippen molar-refractivity contribution in [3.05, 3.63) is 65.2 Å². The number of alkyl halides is 3. The van der Waals surface area contributed by atoms with E-state index in [1.165, 1.54) is 29.8 Å². The molecule has 0 saturated carbocycles. The first-order chi connectivity index (χ1) is 15.7. The highest BCUT2D eigenvalue weighted by atomic mass is 19.4. The van der Waals surface area contributed by atoms with Gasteiger partial charge in [-0.25, -0.2) is 14.6 Å². The van der Waals surface area contributed by atoms with Gasteiger partial charge in [-0.3, -0.25) is 4.79 Å². The molecule has 1 aliphatic heterocycles. The fourth-order valence-corrected chi connectivity index (χ4v) is 3.88. The number of hydrogen-bond donors (Lipinski definition) is 1. The predicted molar refractivity (Wildman–Crippen MR) is 117 cm³/mol. The van der Waals surface area contributed by atoms with E-state index in [9.17, 15) is 18.0 Å². The van der Waals surface area contributed by atoms with E-state index in [4.69, 9.17) is 0 Å². The first-order valence-corrected chi connectivity index (χ1v) is 10.8. The highest BCUT2D eigenvalue weighted by molar-refractivity contribution is 5.95. The number of hydrogen-bond acceptors (Lipinski definition) is 5. The Morgan fingerprint density at radius 1 is 1.03 bits per heavy atom. The number of anilines is 1. The number of pyridine rings is 2. The third-order valence-electron chi connectivity index (χ3n) is 5.58. The van der Waals surface area contributed by atoms with Crippen molar-refractivity contribution in [3.63, 3.8) is 0 Å². The summed E-state index contributed by atoms with van der Waals surface area (Å²) in [5.74, 6) is 0.724. The third kappa shape index (κ3) is 4.99. The molecule has 174 valence electrons. The fraction of sp³-hybridized carbons (Fsp3) is 0.391. The Hall–Kier alpha value is -3.43. The molecule has 4 heterocycles. The van der Waals surface area contributed by atoms with Gasteiger partial charge in [-0.1, -0.05) is 19.9 Å². The maximum atomic E-state index is 12.9. The van der Waals surface area contributed by atoms with Gasteiger partial charge in [0, 0.05) is 32.0 Å². The highest BCUT2D eigenvalue weighted by Gasteiger charge is 2.31. The van der Waals surface area contributed by atoms with Crippen molar-refractivity contribution < 1.29 is 18.0 Å². The zero-order valence-corrected chi connectivity index (χ0v) is 18.4. The molecular formula is C23H25F3N6O. The van der Waals surface area contributed by atoms with Gasteiger partial charge in [-0.15, -0.1) is 0 Å². The number of rotatable bonds is 6. The molecule has 0 unspecified atom stereocenters. The van der Waals surface area contributed by atoms with E-state index in [1.807, 2.05) is 26.0 Å². The summed E-state index contributed by atoms with van der Waals surface area (Å²) < 4.78 is 39.9. The maximum Gasteiger partial charge on any atom is 0.417 e. The number of aromatic nitrogens is 4. The van der Waals surface area contributed by atoms with Gasteiger partial charge in [0.1, 0.15) is 5.82 Å². The van der Waals surface area contributed by atoms with E-state index in [0.717, 1.165) is 36.7 Å². The van der Waals surface area contributed by atoms with Crippen LogP contribution in [-0.2, 0) is 12.7 Å². The van der Waals surface area contributed by atoms with Crippen molar-refractivity contribution in [2.45, 2.75) is 45.3 Å². The summed E-state index contributed by atoms with van der Waals surface area (Å²) in [6.07, 6.45) is 1.81. The second-order valence-corrected chi connectivity index (χ2v) is 8.31. The van der Waals surface area contributed by atoms with E-state index in [-0.39, 0.29) is 17.6 Å². The Bertz CT molecular complexity index is 1100. The smallest absolute Gasteiger partial charge is 0.357 e. The number of halogens is 3. The lowest BCUT2D eigenvalue weighted by molar-refractivity contribution is -0.137. The van der Waals surface area contributed by atoms with Crippen molar-refractivity contribution in [2.75, 3.05) is 18.0 Å². The number of nitrogens with one attached hydrogen (secondary N) is 1. The van der Waals surface area contributed by atoms with Gasteiger partial charge in [0.05, 0.1) is 23.0 Å². The molecule has 33 heavy (non-hydrogen) atoms. The number of carbonyl (C=O) groups is 1. The van der Waals surface area contributed by atoms with E-state index < -0.39 is 11.7 Å². The summed E-state index contributed by atoms with van der Waals surface area (Å²) in [6, 6.07) is 6.10. The normalized spacial score (nSPS) is 14.2.